The molecule has 0 aliphatic heterocycles. The molecule has 0 unspecified atom stereocenters. The minimum atomic E-state index is -3.54. The standard InChI is InChI=1S/C22H29N3O5S/c1-17(22(27)23-14-18-8-6-5-7-9-18)25(21(26)16-24(2)31(4,28)29)15-19-10-12-20(30-3)13-11-19/h5-13,17H,14-16H2,1-4H3,(H,23,27)/t17-/m1/s1. The van der Waals surface area contributed by atoms with E-state index in [0.29, 0.717) is 12.3 Å². The molecule has 0 bridgehead atoms. The highest BCUT2D eigenvalue weighted by Crippen LogP contribution is 2.15. The van der Waals surface area contributed by atoms with Gasteiger partial charge in [0.2, 0.25) is 21.8 Å². The van der Waals surface area contributed by atoms with Crippen LogP contribution in [0.25, 0.3) is 0 Å². The third-order valence-electron chi connectivity index (χ3n) is 4.91. The van der Waals surface area contributed by atoms with Crippen LogP contribution in [0.15, 0.2) is 54.6 Å². The van der Waals surface area contributed by atoms with Crippen LogP contribution in [0.4, 0.5) is 0 Å². The van der Waals surface area contributed by atoms with Gasteiger partial charge in [-0.25, -0.2) is 8.42 Å². The summed E-state index contributed by atoms with van der Waals surface area (Å²) >= 11 is 0. The maximum Gasteiger partial charge on any atom is 0.242 e. The number of rotatable bonds is 10. The second kappa shape index (κ2) is 10.9. The van der Waals surface area contributed by atoms with Crippen molar-refractivity contribution in [2.75, 3.05) is 27.0 Å². The summed E-state index contributed by atoms with van der Waals surface area (Å²) in [5.41, 5.74) is 1.73. The van der Waals surface area contributed by atoms with Gasteiger partial charge in [-0.05, 0) is 30.2 Å². The Morgan fingerprint density at radius 3 is 2.19 bits per heavy atom. The van der Waals surface area contributed by atoms with Gasteiger partial charge >= 0.3 is 0 Å². The molecule has 2 amide bonds. The maximum absolute atomic E-state index is 13.0. The molecule has 0 aromatic heterocycles. The van der Waals surface area contributed by atoms with E-state index in [4.69, 9.17) is 4.74 Å². The molecule has 0 radical (unpaired) electrons. The van der Waals surface area contributed by atoms with Gasteiger partial charge in [0.1, 0.15) is 11.8 Å². The number of hydrogen-bond donors (Lipinski definition) is 1. The van der Waals surface area contributed by atoms with Gasteiger partial charge in [-0.15, -0.1) is 0 Å². The molecular formula is C22H29N3O5S. The lowest BCUT2D eigenvalue weighted by Crippen LogP contribution is -2.50. The first-order valence-corrected chi connectivity index (χ1v) is 11.6. The smallest absolute Gasteiger partial charge is 0.242 e. The summed E-state index contributed by atoms with van der Waals surface area (Å²) in [6.07, 6.45) is 1.03. The summed E-state index contributed by atoms with van der Waals surface area (Å²) in [6, 6.07) is 15.8. The van der Waals surface area contributed by atoms with Gasteiger partial charge in [0, 0.05) is 20.1 Å². The van der Waals surface area contributed by atoms with Gasteiger partial charge in [-0.2, -0.15) is 4.31 Å². The third-order valence-corrected chi connectivity index (χ3v) is 6.17. The average Bonchev–Trinajstić information content (AvgIpc) is 2.75. The van der Waals surface area contributed by atoms with Gasteiger partial charge in [0.25, 0.3) is 0 Å². The third kappa shape index (κ3) is 7.37. The monoisotopic (exact) mass is 447 g/mol. The van der Waals surface area contributed by atoms with Crippen molar-refractivity contribution in [3.8, 4) is 5.75 Å². The predicted octanol–water partition coefficient (Wildman–Crippen LogP) is 1.62. The fraction of sp³-hybridized carbons (Fsp3) is 0.364. The van der Waals surface area contributed by atoms with E-state index in [0.717, 1.165) is 21.7 Å². The molecule has 0 heterocycles. The molecular weight excluding hydrogens is 418 g/mol. The summed E-state index contributed by atoms with van der Waals surface area (Å²) in [6.45, 7) is 1.76. The summed E-state index contributed by atoms with van der Waals surface area (Å²) in [5.74, 6) is -0.120. The van der Waals surface area contributed by atoms with E-state index >= 15 is 0 Å². The Morgan fingerprint density at radius 2 is 1.65 bits per heavy atom. The maximum atomic E-state index is 13.0. The Labute approximate surface area is 183 Å². The molecule has 31 heavy (non-hydrogen) atoms. The highest BCUT2D eigenvalue weighted by molar-refractivity contribution is 7.88. The summed E-state index contributed by atoms with van der Waals surface area (Å²) in [5, 5.41) is 2.84. The molecule has 0 aliphatic rings. The Morgan fingerprint density at radius 1 is 1.03 bits per heavy atom. The van der Waals surface area contributed by atoms with E-state index in [-0.39, 0.29) is 19.0 Å². The molecule has 1 N–H and O–H groups in total. The number of amides is 2. The minimum absolute atomic E-state index is 0.153. The van der Waals surface area contributed by atoms with E-state index in [9.17, 15) is 18.0 Å². The number of likely N-dealkylation sites (N-methyl/N-ethyl adjacent to an activating group) is 1. The second-order valence-electron chi connectivity index (χ2n) is 7.27. The molecule has 2 aromatic rings. The normalized spacial score (nSPS) is 12.3. The number of hydrogen-bond acceptors (Lipinski definition) is 5. The van der Waals surface area contributed by atoms with E-state index < -0.39 is 22.0 Å². The zero-order valence-corrected chi connectivity index (χ0v) is 19.1. The largest absolute Gasteiger partial charge is 0.497 e. The highest BCUT2D eigenvalue weighted by atomic mass is 32.2. The molecule has 0 aliphatic carbocycles. The van der Waals surface area contributed by atoms with Gasteiger partial charge in [0.15, 0.2) is 0 Å². The molecule has 1 atom stereocenters. The van der Waals surface area contributed by atoms with Crippen molar-refractivity contribution < 1.29 is 22.7 Å². The van der Waals surface area contributed by atoms with E-state index in [2.05, 4.69) is 5.32 Å². The number of carbonyl (C=O) groups is 2. The van der Waals surface area contributed by atoms with Crippen molar-refractivity contribution in [2.24, 2.45) is 0 Å². The number of nitrogens with one attached hydrogen (secondary N) is 1. The number of benzene rings is 2. The van der Waals surface area contributed by atoms with Crippen LogP contribution in [0.2, 0.25) is 0 Å². The number of ether oxygens (including phenoxy) is 1. The van der Waals surface area contributed by atoms with Crippen LogP contribution in [0.3, 0.4) is 0 Å². The Kier molecular flexibility index (Phi) is 8.58. The summed E-state index contributed by atoms with van der Waals surface area (Å²) in [4.78, 5) is 27.1. The van der Waals surface area contributed by atoms with Crippen molar-refractivity contribution in [1.82, 2.24) is 14.5 Å². The fourth-order valence-electron chi connectivity index (χ4n) is 2.84. The van der Waals surface area contributed by atoms with Crippen LogP contribution >= 0.6 is 0 Å². The molecule has 2 rings (SSSR count). The Bertz CT molecular complexity index is 978. The van der Waals surface area contributed by atoms with Crippen molar-refractivity contribution in [1.29, 1.82) is 0 Å². The average molecular weight is 448 g/mol. The lowest BCUT2D eigenvalue weighted by Gasteiger charge is -2.30. The molecule has 0 spiro atoms. The molecule has 0 saturated heterocycles. The van der Waals surface area contributed by atoms with Crippen molar-refractivity contribution in [2.45, 2.75) is 26.1 Å². The minimum Gasteiger partial charge on any atom is -0.497 e. The quantitative estimate of drug-likeness (QED) is 0.597. The van der Waals surface area contributed by atoms with Crippen molar-refractivity contribution in [3.63, 3.8) is 0 Å². The zero-order valence-electron chi connectivity index (χ0n) is 18.2. The molecule has 2 aromatic carbocycles. The lowest BCUT2D eigenvalue weighted by atomic mass is 10.1. The van der Waals surface area contributed by atoms with Gasteiger partial charge in [-0.1, -0.05) is 42.5 Å². The van der Waals surface area contributed by atoms with Crippen LogP contribution in [0, 0.1) is 0 Å². The van der Waals surface area contributed by atoms with Crippen LogP contribution in [-0.4, -0.2) is 62.4 Å². The van der Waals surface area contributed by atoms with Gasteiger partial charge in [-0.3, -0.25) is 9.59 Å². The second-order valence-corrected chi connectivity index (χ2v) is 9.36. The Balaban J connectivity index is 2.17. The number of methoxy groups -OCH3 is 1. The zero-order chi connectivity index (χ0) is 23.0. The first kappa shape index (κ1) is 24.4. The molecule has 9 heteroatoms. The van der Waals surface area contributed by atoms with Crippen LogP contribution in [-0.2, 0) is 32.7 Å². The van der Waals surface area contributed by atoms with E-state index in [1.807, 2.05) is 30.3 Å². The number of carbonyl (C=O) groups excluding carboxylic acids is 2. The van der Waals surface area contributed by atoms with E-state index in [1.54, 1.807) is 38.3 Å². The molecule has 168 valence electrons. The first-order chi connectivity index (χ1) is 14.6. The topological polar surface area (TPSA) is 96.0 Å². The molecule has 0 saturated carbocycles. The van der Waals surface area contributed by atoms with E-state index in [1.165, 1.54) is 11.9 Å². The van der Waals surface area contributed by atoms with Gasteiger partial charge < -0.3 is 15.0 Å². The Hall–Kier alpha value is -2.91. The van der Waals surface area contributed by atoms with Crippen LogP contribution in [0.5, 0.6) is 5.75 Å². The van der Waals surface area contributed by atoms with Crippen molar-refractivity contribution in [3.05, 3.63) is 65.7 Å². The molecule has 0 fully saturated rings. The fourth-order valence-corrected chi connectivity index (χ4v) is 3.19. The number of sulfonamides is 1. The molecule has 8 nitrogen and oxygen atoms in total. The highest BCUT2D eigenvalue weighted by Gasteiger charge is 2.28. The number of nitrogens with zero attached hydrogens (tertiary/aromatic N) is 2. The summed E-state index contributed by atoms with van der Waals surface area (Å²) in [7, 11) is -0.644. The van der Waals surface area contributed by atoms with Crippen LogP contribution in [0.1, 0.15) is 18.1 Å². The van der Waals surface area contributed by atoms with Gasteiger partial charge in [0.05, 0.1) is 19.9 Å². The lowest BCUT2D eigenvalue weighted by molar-refractivity contribution is -0.140. The summed E-state index contributed by atoms with van der Waals surface area (Å²) < 4.78 is 29.6. The predicted molar refractivity (Wildman–Crippen MR) is 119 cm³/mol. The van der Waals surface area contributed by atoms with Crippen LogP contribution < -0.4 is 10.1 Å². The SMILES string of the molecule is COc1ccc(CN(C(=O)CN(C)S(C)(=O)=O)[C@H](C)C(=O)NCc2ccccc2)cc1. The van der Waals surface area contributed by atoms with Crippen molar-refractivity contribution >= 4 is 21.8 Å². The first-order valence-electron chi connectivity index (χ1n) is 9.77.